The van der Waals surface area contributed by atoms with Crippen LogP contribution in [-0.2, 0) is 20.8 Å². The minimum atomic E-state index is -1.21. The van der Waals surface area contributed by atoms with Gasteiger partial charge in [0.15, 0.2) is 0 Å². The van der Waals surface area contributed by atoms with Crippen LogP contribution in [0, 0.1) is 0 Å². The SMILES string of the molecule is NC(=O)C[C@H](N)C(=O)O.N[C@@H](Cc1cnc[nH]1)C(=O)O. The van der Waals surface area contributed by atoms with Crippen LogP contribution in [0.1, 0.15) is 12.1 Å². The molecule has 0 aliphatic carbocycles. The highest BCUT2D eigenvalue weighted by molar-refractivity contribution is 5.83. The van der Waals surface area contributed by atoms with Crippen molar-refractivity contribution in [1.29, 1.82) is 0 Å². The maximum absolute atomic E-state index is 10.3. The zero-order valence-corrected chi connectivity index (χ0v) is 10.5. The van der Waals surface area contributed by atoms with Gasteiger partial charge in [-0.25, -0.2) is 4.98 Å². The number of hydrogen-bond acceptors (Lipinski definition) is 6. The van der Waals surface area contributed by atoms with Crippen LogP contribution in [0.15, 0.2) is 12.5 Å². The number of amides is 1. The molecule has 1 aromatic rings. The van der Waals surface area contributed by atoms with Crippen molar-refractivity contribution in [3.8, 4) is 0 Å². The summed E-state index contributed by atoms with van der Waals surface area (Å²) in [5.41, 5.74) is 15.6. The molecule has 20 heavy (non-hydrogen) atoms. The van der Waals surface area contributed by atoms with Crippen molar-refractivity contribution in [2.75, 3.05) is 0 Å². The summed E-state index contributed by atoms with van der Waals surface area (Å²) in [6, 6.07) is -2.02. The lowest BCUT2D eigenvalue weighted by Gasteiger charge is -2.02. The zero-order chi connectivity index (χ0) is 15.7. The van der Waals surface area contributed by atoms with Crippen LogP contribution in [0.3, 0.4) is 0 Å². The van der Waals surface area contributed by atoms with Gasteiger partial charge in [-0.2, -0.15) is 0 Å². The van der Waals surface area contributed by atoms with Crippen molar-refractivity contribution in [2.45, 2.75) is 24.9 Å². The van der Waals surface area contributed by atoms with Gasteiger partial charge in [0.1, 0.15) is 12.1 Å². The minimum Gasteiger partial charge on any atom is -0.480 e. The Kier molecular flexibility index (Phi) is 7.55. The Balaban J connectivity index is 0.000000370. The largest absolute Gasteiger partial charge is 0.480 e. The number of primary amides is 1. The number of carbonyl (C=O) groups is 3. The second kappa shape index (κ2) is 8.61. The van der Waals surface area contributed by atoms with E-state index < -0.39 is 29.9 Å². The number of aliphatic carboxylic acids is 2. The zero-order valence-electron chi connectivity index (χ0n) is 10.5. The van der Waals surface area contributed by atoms with Gasteiger partial charge >= 0.3 is 11.9 Å². The molecule has 2 atom stereocenters. The predicted octanol–water partition coefficient (Wildman–Crippen LogP) is -2.36. The molecule has 0 fully saturated rings. The molecule has 0 bridgehead atoms. The first-order chi connectivity index (χ1) is 9.23. The molecular formula is C10H17N5O5. The summed E-state index contributed by atoms with van der Waals surface area (Å²) in [5, 5.41) is 16.5. The Morgan fingerprint density at radius 1 is 1.20 bits per heavy atom. The molecule has 0 unspecified atom stereocenters. The van der Waals surface area contributed by atoms with Crippen LogP contribution >= 0.6 is 0 Å². The summed E-state index contributed by atoms with van der Waals surface area (Å²) in [5.74, 6) is -2.92. The van der Waals surface area contributed by atoms with Crippen LogP contribution < -0.4 is 17.2 Å². The Labute approximate surface area is 114 Å². The molecule has 0 aliphatic rings. The van der Waals surface area contributed by atoms with Gasteiger partial charge in [0.2, 0.25) is 5.91 Å². The number of carboxylic acids is 2. The van der Waals surface area contributed by atoms with Crippen molar-refractivity contribution in [1.82, 2.24) is 9.97 Å². The maximum atomic E-state index is 10.3. The lowest BCUT2D eigenvalue weighted by atomic mass is 10.2. The van der Waals surface area contributed by atoms with E-state index in [1.54, 1.807) is 6.20 Å². The molecule has 10 heteroatoms. The number of carboxylic acid groups (broad SMARTS) is 2. The number of nitrogens with two attached hydrogens (primary N) is 3. The Morgan fingerprint density at radius 2 is 1.75 bits per heavy atom. The molecule has 0 aromatic carbocycles. The van der Waals surface area contributed by atoms with Gasteiger partial charge in [0, 0.05) is 18.3 Å². The third kappa shape index (κ3) is 7.79. The van der Waals surface area contributed by atoms with Crippen molar-refractivity contribution in [3.05, 3.63) is 18.2 Å². The van der Waals surface area contributed by atoms with Crippen molar-refractivity contribution >= 4 is 17.8 Å². The molecule has 10 nitrogen and oxygen atoms in total. The van der Waals surface area contributed by atoms with Crippen molar-refractivity contribution in [2.24, 2.45) is 17.2 Å². The molecular weight excluding hydrogens is 270 g/mol. The van der Waals surface area contributed by atoms with Gasteiger partial charge in [-0.1, -0.05) is 0 Å². The Bertz CT molecular complexity index is 447. The molecule has 9 N–H and O–H groups in total. The molecule has 1 rings (SSSR count). The third-order valence-electron chi connectivity index (χ3n) is 2.05. The Morgan fingerprint density at radius 3 is 2.05 bits per heavy atom. The maximum Gasteiger partial charge on any atom is 0.321 e. The van der Waals surface area contributed by atoms with E-state index in [0.29, 0.717) is 0 Å². The molecule has 1 amide bonds. The highest BCUT2D eigenvalue weighted by Gasteiger charge is 2.13. The number of imidazole rings is 1. The second-order valence-corrected chi connectivity index (χ2v) is 3.84. The summed E-state index contributed by atoms with van der Waals surface area (Å²) >= 11 is 0. The lowest BCUT2D eigenvalue weighted by Crippen LogP contribution is -2.34. The number of H-pyrrole nitrogens is 1. The van der Waals surface area contributed by atoms with Gasteiger partial charge in [-0.05, 0) is 0 Å². The normalized spacial score (nSPS) is 12.7. The highest BCUT2D eigenvalue weighted by atomic mass is 16.4. The van der Waals surface area contributed by atoms with E-state index in [1.165, 1.54) is 6.33 Å². The summed E-state index contributed by atoms with van der Waals surface area (Å²) in [6.07, 6.45) is 3.03. The van der Waals surface area contributed by atoms with E-state index in [0.717, 1.165) is 5.69 Å². The molecule has 1 aromatic heterocycles. The number of nitrogens with zero attached hydrogens (tertiary/aromatic N) is 1. The van der Waals surface area contributed by atoms with Crippen LogP contribution in [0.25, 0.3) is 0 Å². The molecule has 0 spiro atoms. The average Bonchev–Trinajstić information content (AvgIpc) is 2.81. The van der Waals surface area contributed by atoms with Crippen LogP contribution in [0.4, 0.5) is 0 Å². The van der Waals surface area contributed by atoms with Gasteiger partial charge in [0.05, 0.1) is 12.7 Å². The van der Waals surface area contributed by atoms with Gasteiger partial charge < -0.3 is 32.4 Å². The van der Waals surface area contributed by atoms with E-state index in [4.69, 9.17) is 21.7 Å². The number of hydrogen-bond donors (Lipinski definition) is 6. The fourth-order valence-corrected chi connectivity index (χ4v) is 1.02. The first kappa shape index (κ1) is 17.5. The van der Waals surface area contributed by atoms with E-state index >= 15 is 0 Å². The number of carbonyl (C=O) groups excluding carboxylic acids is 1. The minimum absolute atomic E-state index is 0.287. The van der Waals surface area contributed by atoms with Crippen LogP contribution in [0.5, 0.6) is 0 Å². The van der Waals surface area contributed by atoms with E-state index in [9.17, 15) is 14.4 Å². The monoisotopic (exact) mass is 287 g/mol. The third-order valence-corrected chi connectivity index (χ3v) is 2.05. The van der Waals surface area contributed by atoms with Gasteiger partial charge in [-0.15, -0.1) is 0 Å². The number of aromatic amines is 1. The first-order valence-electron chi connectivity index (χ1n) is 5.46. The van der Waals surface area contributed by atoms with Gasteiger partial charge in [-0.3, -0.25) is 14.4 Å². The second-order valence-electron chi connectivity index (χ2n) is 3.84. The summed E-state index contributed by atoms with van der Waals surface area (Å²) in [7, 11) is 0. The molecule has 0 saturated carbocycles. The fraction of sp³-hybridized carbons (Fsp3) is 0.400. The topological polar surface area (TPSA) is 198 Å². The van der Waals surface area contributed by atoms with Gasteiger partial charge in [0.25, 0.3) is 0 Å². The molecule has 0 aliphatic heterocycles. The number of rotatable bonds is 6. The van der Waals surface area contributed by atoms with Crippen LogP contribution in [0.2, 0.25) is 0 Å². The van der Waals surface area contributed by atoms with E-state index in [2.05, 4.69) is 15.7 Å². The van der Waals surface area contributed by atoms with E-state index in [1.807, 2.05) is 0 Å². The summed E-state index contributed by atoms with van der Waals surface area (Å²) in [6.45, 7) is 0. The average molecular weight is 287 g/mol. The molecule has 1 heterocycles. The first-order valence-corrected chi connectivity index (χ1v) is 5.46. The summed E-state index contributed by atoms with van der Waals surface area (Å²) in [4.78, 5) is 36.7. The van der Waals surface area contributed by atoms with E-state index in [-0.39, 0.29) is 12.8 Å². The smallest absolute Gasteiger partial charge is 0.321 e. The molecule has 0 radical (unpaired) electrons. The van der Waals surface area contributed by atoms with Crippen LogP contribution in [-0.4, -0.2) is 50.1 Å². The summed E-state index contributed by atoms with van der Waals surface area (Å²) < 4.78 is 0. The lowest BCUT2D eigenvalue weighted by molar-refractivity contribution is -0.140. The van der Waals surface area contributed by atoms with Crippen molar-refractivity contribution in [3.63, 3.8) is 0 Å². The molecule has 0 saturated heterocycles. The quantitative estimate of drug-likeness (QED) is 0.333. The fourth-order valence-electron chi connectivity index (χ4n) is 1.02. The number of nitrogens with one attached hydrogen (secondary N) is 1. The standard InChI is InChI=1S/C6H9N3O2.C4H8N2O3/c7-5(6(10)11)1-4-2-8-3-9-4;5-2(4(8)9)1-3(6)7/h2-3,5H,1,7H2,(H,8,9)(H,10,11);2H,1,5H2,(H2,6,7)(H,8,9)/t5-;2-/m00/s1. The number of aromatic nitrogens is 2. The predicted molar refractivity (Wildman–Crippen MR) is 67.3 cm³/mol. The highest BCUT2D eigenvalue weighted by Crippen LogP contribution is 1.95. The molecule has 112 valence electrons. The Hall–Kier alpha value is -2.46. The van der Waals surface area contributed by atoms with Crippen molar-refractivity contribution < 1.29 is 24.6 Å².